The Morgan fingerprint density at radius 1 is 1.19 bits per heavy atom. The van der Waals surface area contributed by atoms with Gasteiger partial charge in [-0.1, -0.05) is 6.07 Å². The molecular weight excluding hydrogens is 276 g/mol. The summed E-state index contributed by atoms with van der Waals surface area (Å²) in [7, 11) is 0. The zero-order valence-corrected chi connectivity index (χ0v) is 12.1. The Hall–Kier alpha value is -1.04. The number of aryl methyl sites for hydroxylation is 1. The van der Waals surface area contributed by atoms with Crippen molar-refractivity contribution in [3.05, 3.63) is 35.4 Å². The van der Waals surface area contributed by atoms with Crippen LogP contribution in [0.2, 0.25) is 0 Å². The van der Waals surface area contributed by atoms with Crippen LogP contribution < -0.4 is 0 Å². The first kappa shape index (κ1) is 16.3. The molecule has 1 aromatic carbocycles. The first-order valence-electron chi connectivity index (χ1n) is 7.53. The van der Waals surface area contributed by atoms with E-state index in [1.807, 2.05) is 0 Å². The largest absolute Gasteiger partial charge is 0.395 e. The number of halogens is 2. The van der Waals surface area contributed by atoms with Crippen LogP contribution in [0.5, 0.6) is 0 Å². The second-order valence-electron chi connectivity index (χ2n) is 5.81. The topological polar surface area (TPSA) is 43.7 Å². The molecule has 0 bridgehead atoms. The average Bonchev–Trinajstić information content (AvgIpc) is 2.50. The highest BCUT2D eigenvalue weighted by Crippen LogP contribution is 2.23. The van der Waals surface area contributed by atoms with Gasteiger partial charge in [0.25, 0.3) is 0 Å². The van der Waals surface area contributed by atoms with E-state index in [-0.39, 0.29) is 19.3 Å². The fourth-order valence-electron chi connectivity index (χ4n) is 3.02. The minimum atomic E-state index is -0.809. The van der Waals surface area contributed by atoms with Crippen LogP contribution in [-0.2, 0) is 6.42 Å². The molecule has 1 aliphatic heterocycles. The standard InChI is InChI=1S/C16H23F2NO2/c17-15-6-5-12(8-16(15)18)3-4-13-2-1-7-19(9-13)14(10-20)11-21/h5-6,8,13-14,20-21H,1-4,7,9-11H2/t13-/m0/s1. The van der Waals surface area contributed by atoms with Crippen molar-refractivity contribution in [1.29, 1.82) is 0 Å². The van der Waals surface area contributed by atoms with E-state index in [0.717, 1.165) is 44.3 Å². The summed E-state index contributed by atoms with van der Waals surface area (Å²) >= 11 is 0. The number of benzene rings is 1. The first-order valence-corrected chi connectivity index (χ1v) is 7.53. The predicted molar refractivity (Wildman–Crippen MR) is 76.9 cm³/mol. The summed E-state index contributed by atoms with van der Waals surface area (Å²) < 4.78 is 26.0. The molecule has 0 aromatic heterocycles. The third-order valence-electron chi connectivity index (χ3n) is 4.31. The van der Waals surface area contributed by atoms with E-state index >= 15 is 0 Å². The summed E-state index contributed by atoms with van der Waals surface area (Å²) in [5, 5.41) is 18.5. The van der Waals surface area contributed by atoms with E-state index in [1.165, 1.54) is 12.1 Å². The average molecular weight is 299 g/mol. The van der Waals surface area contributed by atoms with Crippen LogP contribution in [0.3, 0.4) is 0 Å². The van der Waals surface area contributed by atoms with Crippen LogP contribution in [-0.4, -0.2) is 47.5 Å². The monoisotopic (exact) mass is 299 g/mol. The van der Waals surface area contributed by atoms with E-state index in [2.05, 4.69) is 4.90 Å². The van der Waals surface area contributed by atoms with Crippen molar-refractivity contribution in [2.24, 2.45) is 5.92 Å². The van der Waals surface area contributed by atoms with Crippen molar-refractivity contribution in [3.63, 3.8) is 0 Å². The van der Waals surface area contributed by atoms with Crippen LogP contribution in [0.25, 0.3) is 0 Å². The van der Waals surface area contributed by atoms with Gasteiger partial charge in [0, 0.05) is 6.54 Å². The zero-order chi connectivity index (χ0) is 15.2. The number of aliphatic hydroxyl groups excluding tert-OH is 2. The summed E-state index contributed by atoms with van der Waals surface area (Å²) in [6.45, 7) is 1.67. The molecule has 1 saturated heterocycles. The molecule has 0 amide bonds. The lowest BCUT2D eigenvalue weighted by molar-refractivity contribution is 0.0427. The van der Waals surface area contributed by atoms with E-state index in [1.54, 1.807) is 6.07 Å². The van der Waals surface area contributed by atoms with Crippen LogP contribution >= 0.6 is 0 Å². The number of aliphatic hydroxyl groups is 2. The van der Waals surface area contributed by atoms with Crippen molar-refractivity contribution >= 4 is 0 Å². The fraction of sp³-hybridized carbons (Fsp3) is 0.625. The minimum Gasteiger partial charge on any atom is -0.395 e. The highest BCUT2D eigenvalue weighted by Gasteiger charge is 2.24. The molecule has 1 aliphatic rings. The molecule has 0 saturated carbocycles. The molecule has 1 atom stereocenters. The van der Waals surface area contributed by atoms with Gasteiger partial charge >= 0.3 is 0 Å². The number of nitrogens with zero attached hydrogens (tertiary/aromatic N) is 1. The molecule has 2 rings (SSSR count). The van der Waals surface area contributed by atoms with Gasteiger partial charge in [0.2, 0.25) is 0 Å². The van der Waals surface area contributed by atoms with Gasteiger partial charge in [0.05, 0.1) is 19.3 Å². The SMILES string of the molecule is OCC(CO)N1CCC[C@@H](CCc2ccc(F)c(F)c2)C1. The molecule has 0 aliphatic carbocycles. The van der Waals surface area contributed by atoms with Gasteiger partial charge in [-0.2, -0.15) is 0 Å². The lowest BCUT2D eigenvalue weighted by Crippen LogP contribution is -2.46. The van der Waals surface area contributed by atoms with Crippen LogP contribution in [0.15, 0.2) is 18.2 Å². The molecule has 1 heterocycles. The molecule has 1 fully saturated rings. The Balaban J connectivity index is 1.86. The second-order valence-corrected chi connectivity index (χ2v) is 5.81. The normalized spacial score (nSPS) is 20.1. The van der Waals surface area contributed by atoms with Crippen LogP contribution in [0.4, 0.5) is 8.78 Å². The van der Waals surface area contributed by atoms with E-state index < -0.39 is 11.6 Å². The molecule has 3 nitrogen and oxygen atoms in total. The van der Waals surface area contributed by atoms with Crippen molar-refractivity contribution in [2.75, 3.05) is 26.3 Å². The second kappa shape index (κ2) is 7.82. The molecule has 0 spiro atoms. The molecular formula is C16H23F2NO2. The fourth-order valence-corrected chi connectivity index (χ4v) is 3.02. The van der Waals surface area contributed by atoms with Crippen LogP contribution in [0.1, 0.15) is 24.8 Å². The van der Waals surface area contributed by atoms with Crippen molar-refractivity contribution in [2.45, 2.75) is 31.7 Å². The quantitative estimate of drug-likeness (QED) is 0.844. The van der Waals surface area contributed by atoms with Gasteiger partial charge in [-0.15, -0.1) is 0 Å². The Bertz CT molecular complexity index is 452. The number of piperidine rings is 1. The highest BCUT2D eigenvalue weighted by atomic mass is 19.2. The molecule has 118 valence electrons. The van der Waals surface area contributed by atoms with E-state index in [0.29, 0.717) is 5.92 Å². The summed E-state index contributed by atoms with van der Waals surface area (Å²) in [5.74, 6) is -1.14. The van der Waals surface area contributed by atoms with Gasteiger partial charge in [-0.3, -0.25) is 4.90 Å². The van der Waals surface area contributed by atoms with Gasteiger partial charge in [0.15, 0.2) is 11.6 Å². The summed E-state index contributed by atoms with van der Waals surface area (Å²) in [4.78, 5) is 2.12. The Morgan fingerprint density at radius 2 is 1.95 bits per heavy atom. The van der Waals surface area contributed by atoms with Gasteiger partial charge in [-0.05, 0) is 55.8 Å². The lowest BCUT2D eigenvalue weighted by Gasteiger charge is -2.37. The van der Waals surface area contributed by atoms with Gasteiger partial charge < -0.3 is 10.2 Å². The Morgan fingerprint density at radius 3 is 2.62 bits per heavy atom. The van der Waals surface area contributed by atoms with Gasteiger partial charge in [-0.25, -0.2) is 8.78 Å². The number of likely N-dealkylation sites (tertiary alicyclic amines) is 1. The number of hydrogen-bond acceptors (Lipinski definition) is 3. The van der Waals surface area contributed by atoms with Gasteiger partial charge in [0.1, 0.15) is 0 Å². The van der Waals surface area contributed by atoms with E-state index in [9.17, 15) is 19.0 Å². The van der Waals surface area contributed by atoms with Crippen molar-refractivity contribution in [1.82, 2.24) is 4.90 Å². The first-order chi connectivity index (χ1) is 10.1. The maximum absolute atomic E-state index is 13.2. The number of hydrogen-bond donors (Lipinski definition) is 2. The Kier molecular flexibility index (Phi) is 6.08. The van der Waals surface area contributed by atoms with Crippen molar-refractivity contribution < 1.29 is 19.0 Å². The predicted octanol–water partition coefficient (Wildman–Crippen LogP) is 1.96. The third kappa shape index (κ3) is 4.46. The summed E-state index contributed by atoms with van der Waals surface area (Å²) in [6.07, 6.45) is 3.77. The molecule has 5 heteroatoms. The zero-order valence-electron chi connectivity index (χ0n) is 12.1. The summed E-state index contributed by atoms with van der Waals surface area (Å²) in [6, 6.07) is 3.88. The number of rotatable bonds is 6. The minimum absolute atomic E-state index is 0.0353. The maximum Gasteiger partial charge on any atom is 0.159 e. The smallest absolute Gasteiger partial charge is 0.159 e. The molecule has 0 radical (unpaired) electrons. The molecule has 0 unspecified atom stereocenters. The molecule has 2 N–H and O–H groups in total. The van der Waals surface area contributed by atoms with Crippen LogP contribution in [0, 0.1) is 17.6 Å². The molecule has 1 aromatic rings. The highest BCUT2D eigenvalue weighted by molar-refractivity contribution is 5.17. The van der Waals surface area contributed by atoms with E-state index in [4.69, 9.17) is 0 Å². The third-order valence-corrected chi connectivity index (χ3v) is 4.31. The summed E-state index contributed by atoms with van der Waals surface area (Å²) in [5.41, 5.74) is 0.812. The maximum atomic E-state index is 13.2. The Labute approximate surface area is 124 Å². The molecule has 21 heavy (non-hydrogen) atoms. The lowest BCUT2D eigenvalue weighted by atomic mass is 9.91. The van der Waals surface area contributed by atoms with Crippen molar-refractivity contribution in [3.8, 4) is 0 Å².